The van der Waals surface area contributed by atoms with Crippen LogP contribution in [0.5, 0.6) is 0 Å². The second-order valence-corrected chi connectivity index (χ2v) is 8.75. The number of hydrogen-bond donors (Lipinski definition) is 2. The Bertz CT molecular complexity index is 643. The average molecular weight is 424 g/mol. The van der Waals surface area contributed by atoms with Crippen LogP contribution in [0.25, 0.3) is 0 Å². The lowest BCUT2D eigenvalue weighted by molar-refractivity contribution is -0.139. The summed E-state index contributed by atoms with van der Waals surface area (Å²) in [5.41, 5.74) is 0. The van der Waals surface area contributed by atoms with E-state index < -0.39 is 11.8 Å². The summed E-state index contributed by atoms with van der Waals surface area (Å²) in [4.78, 5) is 32.9. The molecule has 29 heavy (non-hydrogen) atoms. The number of thiophene rings is 1. The van der Waals surface area contributed by atoms with E-state index in [4.69, 9.17) is 4.74 Å². The quantitative estimate of drug-likeness (QED) is 0.601. The molecule has 2 amide bonds. The van der Waals surface area contributed by atoms with Gasteiger partial charge in [-0.05, 0) is 25.4 Å². The second-order valence-electron chi connectivity index (χ2n) is 7.77. The molecule has 2 fully saturated rings. The third kappa shape index (κ3) is 6.48. The second kappa shape index (κ2) is 11.0. The molecular formula is C20H33N5O3S. The van der Waals surface area contributed by atoms with Gasteiger partial charge in [-0.2, -0.15) is 0 Å². The van der Waals surface area contributed by atoms with E-state index in [0.717, 1.165) is 59.0 Å². The van der Waals surface area contributed by atoms with Crippen molar-refractivity contribution in [2.75, 3.05) is 72.6 Å². The standard InChI is InChI=1S/C20H33N5O3S/c1-16(18(17-4-3-15-29-17)25-9-7-23(2)8-10-25)22-20(27)19(26)21-5-6-24-11-13-28-14-12-24/h3-4,15-16,18H,5-14H2,1-2H3,(H,21,26)(H,22,27). The zero-order valence-electron chi connectivity index (χ0n) is 17.4. The van der Waals surface area contributed by atoms with Crippen LogP contribution in [0.3, 0.4) is 0 Å². The van der Waals surface area contributed by atoms with Crippen molar-refractivity contribution in [1.29, 1.82) is 0 Å². The van der Waals surface area contributed by atoms with Crippen molar-refractivity contribution >= 4 is 23.2 Å². The molecule has 9 heteroatoms. The number of carbonyl (C=O) groups excluding carboxylic acids is 2. The van der Waals surface area contributed by atoms with Crippen molar-refractivity contribution in [1.82, 2.24) is 25.3 Å². The van der Waals surface area contributed by atoms with Crippen LogP contribution in [-0.2, 0) is 14.3 Å². The largest absolute Gasteiger partial charge is 0.379 e. The lowest BCUT2D eigenvalue weighted by atomic mass is 10.0. The van der Waals surface area contributed by atoms with Crippen LogP contribution in [0.15, 0.2) is 17.5 Å². The van der Waals surface area contributed by atoms with E-state index >= 15 is 0 Å². The first-order chi connectivity index (χ1) is 14.0. The predicted molar refractivity (Wildman–Crippen MR) is 114 cm³/mol. The highest BCUT2D eigenvalue weighted by Crippen LogP contribution is 2.29. The third-order valence-electron chi connectivity index (χ3n) is 5.62. The molecule has 3 rings (SSSR count). The first-order valence-electron chi connectivity index (χ1n) is 10.4. The Balaban J connectivity index is 1.50. The van der Waals surface area contributed by atoms with Crippen LogP contribution in [-0.4, -0.2) is 105 Å². The van der Waals surface area contributed by atoms with Gasteiger partial charge >= 0.3 is 11.8 Å². The van der Waals surface area contributed by atoms with Gasteiger partial charge in [-0.3, -0.25) is 19.4 Å². The molecule has 8 nitrogen and oxygen atoms in total. The minimum atomic E-state index is -0.562. The third-order valence-corrected chi connectivity index (χ3v) is 6.56. The van der Waals surface area contributed by atoms with Crippen molar-refractivity contribution in [2.24, 2.45) is 0 Å². The summed E-state index contributed by atoms with van der Waals surface area (Å²) < 4.78 is 5.32. The number of hydrogen-bond acceptors (Lipinski definition) is 7. The molecular weight excluding hydrogens is 390 g/mol. The fraction of sp³-hybridized carbons (Fsp3) is 0.700. The zero-order chi connectivity index (χ0) is 20.6. The molecule has 0 bridgehead atoms. The predicted octanol–water partition coefficient (Wildman–Crippen LogP) is -0.0103. The van der Waals surface area contributed by atoms with Gasteiger partial charge < -0.3 is 20.3 Å². The molecule has 0 saturated carbocycles. The van der Waals surface area contributed by atoms with Crippen LogP contribution in [0, 0.1) is 0 Å². The highest BCUT2D eigenvalue weighted by atomic mass is 32.1. The molecule has 2 aliphatic rings. The molecule has 2 unspecified atom stereocenters. The van der Waals surface area contributed by atoms with E-state index in [1.54, 1.807) is 11.3 Å². The van der Waals surface area contributed by atoms with Crippen LogP contribution in [0.4, 0.5) is 0 Å². The summed E-state index contributed by atoms with van der Waals surface area (Å²) in [6.45, 7) is 10.3. The van der Waals surface area contributed by atoms with Gasteiger partial charge in [0, 0.05) is 63.3 Å². The molecule has 0 aliphatic carbocycles. The van der Waals surface area contributed by atoms with Crippen LogP contribution >= 0.6 is 11.3 Å². The Morgan fingerprint density at radius 1 is 1.14 bits per heavy atom. The summed E-state index contributed by atoms with van der Waals surface area (Å²) in [6.07, 6.45) is 0. The molecule has 0 radical (unpaired) electrons. The SMILES string of the molecule is CC(NC(=O)C(=O)NCCN1CCOCC1)C(c1cccs1)N1CCN(C)CC1. The highest BCUT2D eigenvalue weighted by Gasteiger charge is 2.31. The normalized spacial score (nSPS) is 21.4. The molecule has 2 N–H and O–H groups in total. The Hall–Kier alpha value is -1.52. The minimum Gasteiger partial charge on any atom is -0.379 e. The van der Waals surface area contributed by atoms with E-state index in [2.05, 4.69) is 43.8 Å². The molecule has 2 atom stereocenters. The van der Waals surface area contributed by atoms with E-state index in [-0.39, 0.29) is 12.1 Å². The number of nitrogens with zero attached hydrogens (tertiary/aromatic N) is 3. The first-order valence-corrected chi connectivity index (χ1v) is 11.3. The Morgan fingerprint density at radius 2 is 1.86 bits per heavy atom. The molecule has 162 valence electrons. The van der Waals surface area contributed by atoms with Crippen LogP contribution in [0.1, 0.15) is 17.8 Å². The minimum absolute atomic E-state index is 0.0776. The highest BCUT2D eigenvalue weighted by molar-refractivity contribution is 7.10. The van der Waals surface area contributed by atoms with E-state index in [1.807, 2.05) is 13.0 Å². The lowest BCUT2D eigenvalue weighted by Gasteiger charge is -2.40. The summed E-state index contributed by atoms with van der Waals surface area (Å²) in [6, 6.07) is 4.07. The number of amides is 2. The van der Waals surface area contributed by atoms with Gasteiger partial charge in [0.05, 0.1) is 19.3 Å². The van der Waals surface area contributed by atoms with E-state index in [1.165, 1.54) is 4.88 Å². The topological polar surface area (TPSA) is 77.1 Å². The van der Waals surface area contributed by atoms with Gasteiger partial charge in [0.15, 0.2) is 0 Å². The number of ether oxygens (including phenoxy) is 1. The van der Waals surface area contributed by atoms with Crippen molar-refractivity contribution in [3.05, 3.63) is 22.4 Å². The number of likely N-dealkylation sites (N-methyl/N-ethyl adjacent to an activating group) is 1. The van der Waals surface area contributed by atoms with Gasteiger partial charge in [-0.1, -0.05) is 6.07 Å². The van der Waals surface area contributed by atoms with E-state index in [0.29, 0.717) is 6.54 Å². The molecule has 1 aromatic heterocycles. The maximum atomic E-state index is 12.5. The van der Waals surface area contributed by atoms with Gasteiger partial charge in [0.25, 0.3) is 0 Å². The Morgan fingerprint density at radius 3 is 2.52 bits per heavy atom. The summed E-state index contributed by atoms with van der Waals surface area (Å²) in [5.74, 6) is -1.12. The van der Waals surface area contributed by atoms with Crippen molar-refractivity contribution < 1.29 is 14.3 Å². The Labute approximate surface area is 177 Å². The lowest BCUT2D eigenvalue weighted by Crippen LogP contribution is -2.53. The van der Waals surface area contributed by atoms with Crippen LogP contribution in [0.2, 0.25) is 0 Å². The number of piperazine rings is 1. The molecule has 2 saturated heterocycles. The summed E-state index contributed by atoms with van der Waals surface area (Å²) in [5, 5.41) is 7.74. The van der Waals surface area contributed by atoms with Gasteiger partial charge in [0.2, 0.25) is 0 Å². The average Bonchev–Trinajstić information content (AvgIpc) is 3.24. The number of nitrogens with one attached hydrogen (secondary N) is 2. The number of morpholine rings is 1. The summed E-state index contributed by atoms with van der Waals surface area (Å²) >= 11 is 1.70. The van der Waals surface area contributed by atoms with Crippen LogP contribution < -0.4 is 10.6 Å². The molecule has 3 heterocycles. The maximum absolute atomic E-state index is 12.5. The molecule has 2 aliphatic heterocycles. The maximum Gasteiger partial charge on any atom is 0.309 e. The number of rotatable bonds is 7. The monoisotopic (exact) mass is 423 g/mol. The molecule has 0 aromatic carbocycles. The number of carbonyl (C=O) groups is 2. The summed E-state index contributed by atoms with van der Waals surface area (Å²) in [7, 11) is 2.13. The molecule has 1 aromatic rings. The first kappa shape index (κ1) is 22.2. The Kier molecular flexibility index (Phi) is 8.43. The fourth-order valence-corrected chi connectivity index (χ4v) is 4.85. The van der Waals surface area contributed by atoms with Crippen molar-refractivity contribution in [2.45, 2.75) is 19.0 Å². The molecule has 0 spiro atoms. The zero-order valence-corrected chi connectivity index (χ0v) is 18.2. The fourth-order valence-electron chi connectivity index (χ4n) is 3.89. The van der Waals surface area contributed by atoms with Crippen molar-refractivity contribution in [3.8, 4) is 0 Å². The van der Waals surface area contributed by atoms with Crippen molar-refractivity contribution in [3.63, 3.8) is 0 Å². The van der Waals surface area contributed by atoms with Gasteiger partial charge in [0.1, 0.15) is 0 Å². The van der Waals surface area contributed by atoms with E-state index in [9.17, 15) is 9.59 Å². The van der Waals surface area contributed by atoms with Gasteiger partial charge in [-0.25, -0.2) is 0 Å². The van der Waals surface area contributed by atoms with Gasteiger partial charge in [-0.15, -0.1) is 11.3 Å². The smallest absolute Gasteiger partial charge is 0.309 e.